The largest absolute Gasteiger partial charge is 0.416 e. The van der Waals surface area contributed by atoms with Crippen LogP contribution in [0.3, 0.4) is 0 Å². The number of pyridine rings is 2. The van der Waals surface area contributed by atoms with Gasteiger partial charge in [0.25, 0.3) is 0 Å². The number of fused-ring (bicyclic) bond motifs is 4. The number of rotatable bonds is 2. The van der Waals surface area contributed by atoms with Crippen LogP contribution in [0.1, 0.15) is 5.56 Å². The zero-order valence-corrected chi connectivity index (χ0v) is 16.6. The molecule has 3 aromatic rings. The number of alkyl halides is 3. The van der Waals surface area contributed by atoms with Crippen molar-refractivity contribution in [3.05, 3.63) is 66.4 Å². The van der Waals surface area contributed by atoms with E-state index < -0.39 is 29.9 Å². The Kier molecular flexibility index (Phi) is 4.74. The lowest BCUT2D eigenvalue weighted by atomic mass is 10.1. The number of aliphatic hydroxyl groups is 1. The third-order valence-corrected chi connectivity index (χ3v) is 5.62. The highest BCUT2D eigenvalue weighted by molar-refractivity contribution is 6.04. The van der Waals surface area contributed by atoms with Crippen molar-refractivity contribution in [1.29, 1.82) is 0 Å². The highest BCUT2D eigenvalue weighted by Gasteiger charge is 2.45. The minimum atomic E-state index is -4.48. The normalized spacial score (nSPS) is 19.6. The van der Waals surface area contributed by atoms with Gasteiger partial charge in [0.05, 0.1) is 29.1 Å². The molecule has 0 spiro atoms. The zero-order valence-electron chi connectivity index (χ0n) is 16.6. The van der Waals surface area contributed by atoms with Gasteiger partial charge in [-0.25, -0.2) is 14.8 Å². The molecule has 2 aliphatic rings. The maximum atomic E-state index is 13.2. The van der Waals surface area contributed by atoms with Gasteiger partial charge in [0.15, 0.2) is 5.82 Å². The molecular formula is C22H18F3N5O2. The standard InChI is InChI=1S/C22H18F3N5O2/c23-22(24,25)14-5-3-4-13(10-14)15-7-8-16-20(27-15)30(17-11-29(16)12-18(17)31)21(32)28-19-6-1-2-9-26-19/h1-10,17-18,31H,11-12H2,(H,26,28,32)/t17-,18+/m1/s1. The number of urea groups is 1. The van der Waals surface area contributed by atoms with Crippen molar-refractivity contribution in [2.75, 3.05) is 28.2 Å². The van der Waals surface area contributed by atoms with E-state index in [4.69, 9.17) is 0 Å². The number of nitrogens with zero attached hydrogens (tertiary/aromatic N) is 4. The first-order valence-corrected chi connectivity index (χ1v) is 9.94. The van der Waals surface area contributed by atoms with Gasteiger partial charge < -0.3 is 10.0 Å². The van der Waals surface area contributed by atoms with Crippen molar-refractivity contribution in [1.82, 2.24) is 9.97 Å². The fourth-order valence-electron chi connectivity index (χ4n) is 4.11. The molecule has 164 valence electrons. The minimum absolute atomic E-state index is 0.279. The number of aliphatic hydroxyl groups excluding tert-OH is 1. The molecule has 0 saturated carbocycles. The third-order valence-electron chi connectivity index (χ3n) is 5.62. The molecule has 1 saturated heterocycles. The number of benzene rings is 1. The molecule has 0 aliphatic carbocycles. The highest BCUT2D eigenvalue weighted by Crippen LogP contribution is 2.41. The molecule has 2 atom stereocenters. The van der Waals surface area contributed by atoms with Crippen molar-refractivity contribution >= 4 is 23.4 Å². The Morgan fingerprint density at radius 1 is 1.09 bits per heavy atom. The fourth-order valence-corrected chi connectivity index (χ4v) is 4.11. The first-order chi connectivity index (χ1) is 15.3. The van der Waals surface area contributed by atoms with E-state index >= 15 is 0 Å². The summed E-state index contributed by atoms with van der Waals surface area (Å²) in [6.07, 6.45) is -3.74. The van der Waals surface area contributed by atoms with E-state index in [0.717, 1.165) is 12.1 Å². The lowest BCUT2D eigenvalue weighted by Gasteiger charge is -2.36. The van der Waals surface area contributed by atoms with Crippen molar-refractivity contribution < 1.29 is 23.1 Å². The maximum Gasteiger partial charge on any atom is 0.416 e. The van der Waals surface area contributed by atoms with Crippen molar-refractivity contribution in [2.45, 2.75) is 18.3 Å². The molecule has 0 unspecified atom stereocenters. The van der Waals surface area contributed by atoms with Crippen LogP contribution in [-0.2, 0) is 6.18 Å². The lowest BCUT2D eigenvalue weighted by Crippen LogP contribution is -2.51. The van der Waals surface area contributed by atoms with E-state index in [-0.39, 0.29) is 11.4 Å². The molecule has 2 aliphatic heterocycles. The average Bonchev–Trinajstić information content (AvgIpc) is 3.10. The summed E-state index contributed by atoms with van der Waals surface area (Å²) in [6, 6.07) is 12.2. The van der Waals surface area contributed by atoms with Gasteiger partial charge in [0.1, 0.15) is 5.82 Å². The molecule has 2 N–H and O–H groups in total. The van der Waals surface area contributed by atoms with Crippen LogP contribution in [-0.4, -0.2) is 46.3 Å². The summed E-state index contributed by atoms with van der Waals surface area (Å²) in [5.74, 6) is 0.615. The Bertz CT molecular complexity index is 1170. The molecular weight excluding hydrogens is 423 g/mol. The van der Waals surface area contributed by atoms with Gasteiger partial charge in [-0.15, -0.1) is 0 Å². The third kappa shape index (κ3) is 3.52. The summed E-state index contributed by atoms with van der Waals surface area (Å²) in [7, 11) is 0. The van der Waals surface area contributed by atoms with Crippen molar-refractivity contribution in [3.8, 4) is 11.3 Å². The fraction of sp³-hybridized carbons (Fsp3) is 0.227. The number of carbonyl (C=O) groups excluding carboxylic acids is 1. The number of carbonyl (C=O) groups is 1. The first-order valence-electron chi connectivity index (χ1n) is 9.94. The van der Waals surface area contributed by atoms with Crippen molar-refractivity contribution in [3.63, 3.8) is 0 Å². The van der Waals surface area contributed by atoms with Crippen LogP contribution < -0.4 is 15.1 Å². The summed E-state index contributed by atoms with van der Waals surface area (Å²) < 4.78 is 39.5. The predicted molar refractivity (Wildman–Crippen MR) is 112 cm³/mol. The number of anilines is 3. The molecule has 7 nitrogen and oxygen atoms in total. The van der Waals surface area contributed by atoms with E-state index in [0.29, 0.717) is 30.3 Å². The van der Waals surface area contributed by atoms with Gasteiger partial charge in [-0.05, 0) is 36.4 Å². The van der Waals surface area contributed by atoms with Gasteiger partial charge in [-0.3, -0.25) is 10.2 Å². The second-order valence-electron chi connectivity index (χ2n) is 7.67. The molecule has 2 bridgehead atoms. The van der Waals surface area contributed by atoms with Crippen LogP contribution in [0.25, 0.3) is 11.3 Å². The molecule has 1 aromatic carbocycles. The SMILES string of the molecule is O=C(Nc1ccccn1)N1c2nc(-c3cccc(C(F)(F)F)c3)ccc2N2C[C@@H]1[C@@H](O)C2. The molecule has 1 fully saturated rings. The predicted octanol–water partition coefficient (Wildman–Crippen LogP) is 3.76. The first kappa shape index (κ1) is 20.3. The lowest BCUT2D eigenvalue weighted by molar-refractivity contribution is -0.137. The number of halogens is 3. The quantitative estimate of drug-likeness (QED) is 0.633. The Morgan fingerprint density at radius 3 is 2.69 bits per heavy atom. The minimum Gasteiger partial charge on any atom is -0.389 e. The molecule has 10 heteroatoms. The summed E-state index contributed by atoms with van der Waals surface area (Å²) in [5, 5.41) is 13.2. The second-order valence-corrected chi connectivity index (χ2v) is 7.67. The molecule has 5 rings (SSSR count). The molecule has 32 heavy (non-hydrogen) atoms. The van der Waals surface area contributed by atoms with E-state index in [9.17, 15) is 23.1 Å². The van der Waals surface area contributed by atoms with Crippen LogP contribution >= 0.6 is 0 Å². The Balaban J connectivity index is 1.56. The summed E-state index contributed by atoms with van der Waals surface area (Å²) in [6.45, 7) is 0.754. The summed E-state index contributed by atoms with van der Waals surface area (Å²) in [4.78, 5) is 25.1. The van der Waals surface area contributed by atoms with Crippen molar-refractivity contribution in [2.24, 2.45) is 0 Å². The zero-order chi connectivity index (χ0) is 22.5. The Labute approximate surface area is 181 Å². The summed E-state index contributed by atoms with van der Waals surface area (Å²) in [5.41, 5.74) is 0.423. The van der Waals surface area contributed by atoms with Gasteiger partial charge in [-0.2, -0.15) is 13.2 Å². The van der Waals surface area contributed by atoms with Crippen LogP contribution in [0.4, 0.5) is 35.3 Å². The topological polar surface area (TPSA) is 81.6 Å². The van der Waals surface area contributed by atoms with E-state index in [1.807, 2.05) is 4.90 Å². The number of hydrogen-bond acceptors (Lipinski definition) is 5. The van der Waals surface area contributed by atoms with E-state index in [1.54, 1.807) is 30.3 Å². The van der Waals surface area contributed by atoms with Gasteiger partial charge in [0, 0.05) is 24.8 Å². The molecule has 0 radical (unpaired) electrons. The van der Waals surface area contributed by atoms with E-state index in [1.165, 1.54) is 23.2 Å². The van der Waals surface area contributed by atoms with Gasteiger partial charge in [-0.1, -0.05) is 18.2 Å². The molecule has 4 heterocycles. The monoisotopic (exact) mass is 441 g/mol. The smallest absolute Gasteiger partial charge is 0.389 e. The summed E-state index contributed by atoms with van der Waals surface area (Å²) >= 11 is 0. The number of aromatic nitrogens is 2. The number of nitrogens with one attached hydrogen (secondary N) is 1. The number of hydrogen-bond donors (Lipinski definition) is 2. The van der Waals surface area contributed by atoms with Crippen LogP contribution in [0, 0.1) is 0 Å². The van der Waals surface area contributed by atoms with Gasteiger partial charge >= 0.3 is 12.2 Å². The number of amides is 2. The van der Waals surface area contributed by atoms with Crippen LogP contribution in [0.2, 0.25) is 0 Å². The van der Waals surface area contributed by atoms with Crippen LogP contribution in [0.15, 0.2) is 60.8 Å². The molecule has 2 amide bonds. The Morgan fingerprint density at radius 2 is 1.94 bits per heavy atom. The molecule has 2 aromatic heterocycles. The second kappa shape index (κ2) is 7.49. The van der Waals surface area contributed by atoms with Crippen LogP contribution in [0.5, 0.6) is 0 Å². The van der Waals surface area contributed by atoms with E-state index in [2.05, 4.69) is 15.3 Å². The maximum absolute atomic E-state index is 13.2. The Hall–Kier alpha value is -3.66. The average molecular weight is 441 g/mol. The highest BCUT2D eigenvalue weighted by atomic mass is 19.4. The van der Waals surface area contributed by atoms with Gasteiger partial charge in [0.2, 0.25) is 0 Å².